The number of carbonyl (C=O) groups is 2. The van der Waals surface area contributed by atoms with Crippen molar-refractivity contribution in [2.75, 3.05) is 10.6 Å². The first-order valence-corrected chi connectivity index (χ1v) is 8.87. The molecule has 6 nitrogen and oxygen atoms in total. The Hall–Kier alpha value is -2.32. The highest BCUT2D eigenvalue weighted by molar-refractivity contribution is 9.11. The summed E-state index contributed by atoms with van der Waals surface area (Å²) < 4.78 is 1.43. The molecular weight excluding hydrogens is 454 g/mol. The molecule has 0 fully saturated rings. The van der Waals surface area contributed by atoms with Gasteiger partial charge >= 0.3 is 6.03 Å². The average molecular weight is 467 g/mol. The normalized spacial score (nSPS) is 16.2. The lowest BCUT2D eigenvalue weighted by atomic mass is 10.1. The number of hydrogen-bond acceptors (Lipinski definition) is 3. The standard InChI is InChI=1S/C17H13Br2N3O3/c18-10-5-3-6-11(19)15(10)22-17(25)21-13-8-14(23)16(24)20-12-7-2-1-4-9(12)13/h1-8,13,23H,(H,20,24)(H2,21,22,25). The highest BCUT2D eigenvalue weighted by Crippen LogP contribution is 2.31. The predicted molar refractivity (Wildman–Crippen MR) is 103 cm³/mol. The highest BCUT2D eigenvalue weighted by Gasteiger charge is 2.24. The van der Waals surface area contributed by atoms with Crippen LogP contribution in [-0.4, -0.2) is 17.0 Å². The molecule has 3 rings (SSSR count). The third-order valence-corrected chi connectivity index (χ3v) is 4.91. The molecule has 0 aromatic heterocycles. The first-order valence-electron chi connectivity index (χ1n) is 7.28. The highest BCUT2D eigenvalue weighted by atomic mass is 79.9. The van der Waals surface area contributed by atoms with Gasteiger partial charge in [-0.3, -0.25) is 4.79 Å². The van der Waals surface area contributed by atoms with Gasteiger partial charge in [-0.25, -0.2) is 4.79 Å². The lowest BCUT2D eigenvalue weighted by molar-refractivity contribution is -0.115. The number of hydrogen-bond donors (Lipinski definition) is 4. The van der Waals surface area contributed by atoms with E-state index in [-0.39, 0.29) is 0 Å². The van der Waals surface area contributed by atoms with Crippen molar-refractivity contribution < 1.29 is 14.7 Å². The van der Waals surface area contributed by atoms with Gasteiger partial charge in [-0.15, -0.1) is 0 Å². The molecule has 0 spiro atoms. The first-order chi connectivity index (χ1) is 12.0. The number of fused-ring (bicyclic) bond motifs is 1. The van der Waals surface area contributed by atoms with Gasteiger partial charge in [0.1, 0.15) is 0 Å². The molecule has 0 saturated heterocycles. The zero-order valence-electron chi connectivity index (χ0n) is 12.7. The van der Waals surface area contributed by atoms with E-state index < -0.39 is 23.7 Å². The average Bonchev–Trinajstić information content (AvgIpc) is 2.69. The molecule has 1 aliphatic rings. The van der Waals surface area contributed by atoms with Gasteiger partial charge < -0.3 is 21.1 Å². The largest absolute Gasteiger partial charge is 0.503 e. The fourth-order valence-corrected chi connectivity index (χ4v) is 3.62. The topological polar surface area (TPSA) is 90.5 Å². The van der Waals surface area contributed by atoms with Gasteiger partial charge in [0, 0.05) is 20.2 Å². The number of halogens is 2. The monoisotopic (exact) mass is 465 g/mol. The van der Waals surface area contributed by atoms with E-state index >= 15 is 0 Å². The number of aliphatic hydroxyl groups is 1. The molecule has 2 aromatic carbocycles. The van der Waals surface area contributed by atoms with Gasteiger partial charge in [-0.2, -0.15) is 0 Å². The Morgan fingerprint density at radius 2 is 1.76 bits per heavy atom. The fraction of sp³-hybridized carbons (Fsp3) is 0.0588. The summed E-state index contributed by atoms with van der Waals surface area (Å²) in [5.74, 6) is -1.07. The molecule has 1 atom stereocenters. The number of anilines is 2. The first kappa shape index (κ1) is 17.5. The molecular formula is C17H13Br2N3O3. The van der Waals surface area contributed by atoms with Crippen molar-refractivity contribution >= 4 is 55.2 Å². The van der Waals surface area contributed by atoms with Crippen LogP contribution in [0.3, 0.4) is 0 Å². The zero-order chi connectivity index (χ0) is 18.0. The van der Waals surface area contributed by atoms with Crippen molar-refractivity contribution in [1.82, 2.24) is 5.32 Å². The minimum Gasteiger partial charge on any atom is -0.503 e. The Morgan fingerprint density at radius 3 is 2.48 bits per heavy atom. The summed E-state index contributed by atoms with van der Waals surface area (Å²) in [6, 6.07) is 11.3. The summed E-state index contributed by atoms with van der Waals surface area (Å²) >= 11 is 6.75. The van der Waals surface area contributed by atoms with Crippen molar-refractivity contribution in [1.29, 1.82) is 0 Å². The molecule has 2 aromatic rings. The number of benzene rings is 2. The Kier molecular flexibility index (Phi) is 5.10. The van der Waals surface area contributed by atoms with E-state index in [4.69, 9.17) is 0 Å². The summed E-state index contributed by atoms with van der Waals surface area (Å²) in [5.41, 5.74) is 1.77. The van der Waals surface area contributed by atoms with Crippen LogP contribution in [0.25, 0.3) is 0 Å². The second-order valence-corrected chi connectivity index (χ2v) is 6.97. The molecule has 4 N–H and O–H groups in total. The molecule has 1 unspecified atom stereocenters. The molecule has 1 heterocycles. The summed E-state index contributed by atoms with van der Waals surface area (Å²) in [6.07, 6.45) is 1.30. The third-order valence-electron chi connectivity index (χ3n) is 3.59. The van der Waals surface area contributed by atoms with Crippen LogP contribution < -0.4 is 16.0 Å². The van der Waals surface area contributed by atoms with Gasteiger partial charge in [-0.1, -0.05) is 24.3 Å². The van der Waals surface area contributed by atoms with E-state index in [9.17, 15) is 14.7 Å². The number of aliphatic hydroxyl groups excluding tert-OH is 1. The SMILES string of the molecule is O=C(Nc1c(Br)cccc1Br)NC1C=C(O)C(=O)Nc2ccccc21. The maximum Gasteiger partial charge on any atom is 0.320 e. The van der Waals surface area contributed by atoms with Gasteiger partial charge in [0.05, 0.1) is 11.7 Å². The van der Waals surface area contributed by atoms with Gasteiger partial charge in [0.25, 0.3) is 5.91 Å². The van der Waals surface area contributed by atoms with Gasteiger partial charge in [-0.05, 0) is 56.1 Å². The number of amides is 3. The Balaban J connectivity index is 1.86. The van der Waals surface area contributed by atoms with Crippen LogP contribution in [-0.2, 0) is 4.79 Å². The van der Waals surface area contributed by atoms with Crippen molar-refractivity contribution in [2.24, 2.45) is 0 Å². The second-order valence-electron chi connectivity index (χ2n) is 5.27. The maximum atomic E-state index is 12.4. The summed E-state index contributed by atoms with van der Waals surface area (Å²) in [6.45, 7) is 0. The summed E-state index contributed by atoms with van der Waals surface area (Å²) in [7, 11) is 0. The van der Waals surface area contributed by atoms with Crippen LogP contribution in [0.1, 0.15) is 11.6 Å². The van der Waals surface area contributed by atoms with E-state index in [0.717, 1.165) is 0 Å². The van der Waals surface area contributed by atoms with Crippen molar-refractivity contribution in [3.05, 3.63) is 68.8 Å². The third kappa shape index (κ3) is 3.85. The lowest BCUT2D eigenvalue weighted by Gasteiger charge is -2.18. The van der Waals surface area contributed by atoms with Crippen LogP contribution in [0.15, 0.2) is 63.2 Å². The molecule has 0 saturated carbocycles. The molecule has 0 bridgehead atoms. The second kappa shape index (κ2) is 7.28. The minimum absolute atomic E-state index is 0.455. The van der Waals surface area contributed by atoms with E-state index in [0.29, 0.717) is 25.9 Å². The zero-order valence-corrected chi connectivity index (χ0v) is 15.9. The van der Waals surface area contributed by atoms with Crippen LogP contribution in [0.4, 0.5) is 16.2 Å². The molecule has 25 heavy (non-hydrogen) atoms. The van der Waals surface area contributed by atoms with E-state index in [1.54, 1.807) is 36.4 Å². The lowest BCUT2D eigenvalue weighted by Crippen LogP contribution is -2.32. The van der Waals surface area contributed by atoms with Gasteiger partial charge in [0.2, 0.25) is 0 Å². The number of urea groups is 1. The molecule has 3 amide bonds. The van der Waals surface area contributed by atoms with E-state index in [1.807, 2.05) is 6.07 Å². The smallest absolute Gasteiger partial charge is 0.320 e. The molecule has 8 heteroatoms. The summed E-state index contributed by atoms with van der Waals surface area (Å²) in [5, 5.41) is 17.9. The Morgan fingerprint density at radius 1 is 1.08 bits per heavy atom. The predicted octanol–water partition coefficient (Wildman–Crippen LogP) is 4.47. The van der Waals surface area contributed by atoms with Crippen LogP contribution in [0.2, 0.25) is 0 Å². The van der Waals surface area contributed by atoms with Crippen molar-refractivity contribution in [3.8, 4) is 0 Å². The Bertz CT molecular complexity index is 863. The van der Waals surface area contributed by atoms with E-state index in [2.05, 4.69) is 47.8 Å². The van der Waals surface area contributed by atoms with Crippen molar-refractivity contribution in [2.45, 2.75) is 6.04 Å². The molecule has 0 radical (unpaired) electrons. The molecule has 1 aliphatic heterocycles. The number of nitrogens with one attached hydrogen (secondary N) is 3. The van der Waals surface area contributed by atoms with Crippen LogP contribution in [0, 0.1) is 0 Å². The van der Waals surface area contributed by atoms with Gasteiger partial charge in [0.15, 0.2) is 5.76 Å². The number of para-hydroxylation sites is 2. The summed E-state index contributed by atoms with van der Waals surface area (Å²) in [4.78, 5) is 24.2. The van der Waals surface area contributed by atoms with Crippen molar-refractivity contribution in [3.63, 3.8) is 0 Å². The number of rotatable bonds is 2. The fourth-order valence-electron chi connectivity index (χ4n) is 2.42. The van der Waals surface area contributed by atoms with Crippen LogP contribution >= 0.6 is 31.9 Å². The quantitative estimate of drug-likeness (QED) is 0.526. The minimum atomic E-state index is -0.670. The maximum absolute atomic E-state index is 12.4. The van der Waals surface area contributed by atoms with E-state index in [1.165, 1.54) is 6.08 Å². The van der Waals surface area contributed by atoms with Crippen LogP contribution in [0.5, 0.6) is 0 Å². The Labute approximate surface area is 160 Å². The molecule has 128 valence electrons. The molecule has 0 aliphatic carbocycles. The number of carbonyl (C=O) groups excluding carboxylic acids is 2.